The average molecular weight is 204 g/mol. The third-order valence-corrected chi connectivity index (χ3v) is 1.84. The quantitative estimate of drug-likeness (QED) is 0.722. The minimum atomic E-state index is 0.234. The number of methoxy groups -OCH3 is 1. The summed E-state index contributed by atoms with van der Waals surface area (Å²) in [6.45, 7) is 0.282. The van der Waals surface area contributed by atoms with Crippen LogP contribution < -0.4 is 5.73 Å². The number of nitrogen functional groups attached to an aromatic ring is 1. The number of aromatic nitrogens is 4. The summed E-state index contributed by atoms with van der Waals surface area (Å²) in [4.78, 5) is 8.01. The lowest BCUT2D eigenvalue weighted by Crippen LogP contribution is -2.03. The first-order valence-corrected chi connectivity index (χ1v) is 4.15. The van der Waals surface area contributed by atoms with Gasteiger partial charge in [0.25, 0.3) is 5.78 Å². The number of fused-ring (bicyclic) bond motifs is 1. The fourth-order valence-electron chi connectivity index (χ4n) is 1.17. The van der Waals surface area contributed by atoms with Gasteiger partial charge < -0.3 is 10.5 Å². The number of hydrogen-bond acceptors (Lipinski definition) is 6. The number of ether oxygens (including phenoxy) is 1. The fourth-order valence-corrected chi connectivity index (χ4v) is 1.17. The van der Waals surface area contributed by atoms with Crippen LogP contribution in [0.4, 0.5) is 5.82 Å². The lowest BCUT2D eigenvalue weighted by molar-refractivity contribution is 0.178. The van der Waals surface area contributed by atoms with E-state index in [1.54, 1.807) is 7.11 Å². The summed E-state index contributed by atoms with van der Waals surface area (Å²) >= 11 is 0. The van der Waals surface area contributed by atoms with Crippen LogP contribution in [0.25, 0.3) is 5.78 Å². The van der Waals surface area contributed by atoms with E-state index in [0.29, 0.717) is 11.6 Å². The molecule has 0 atom stereocenters. The minimum absolute atomic E-state index is 0.234. The average Bonchev–Trinajstić information content (AvgIpc) is 2.63. The maximum absolute atomic E-state index is 8.73. The number of anilines is 1. The van der Waals surface area contributed by atoms with Crippen LogP contribution in [0.1, 0.15) is 11.4 Å². The van der Waals surface area contributed by atoms with Gasteiger partial charge >= 0.3 is 0 Å². The zero-order chi connectivity index (χ0) is 10.8. The molecule has 0 bridgehead atoms. The number of nitriles is 1. The molecule has 2 rings (SSSR count). The topological polar surface area (TPSA) is 102 Å². The monoisotopic (exact) mass is 204 g/mol. The molecule has 0 spiro atoms. The predicted molar refractivity (Wildman–Crippen MR) is 50.6 cm³/mol. The summed E-state index contributed by atoms with van der Waals surface area (Å²) in [6, 6.07) is 1.92. The second-order valence-electron chi connectivity index (χ2n) is 2.84. The third kappa shape index (κ3) is 1.47. The van der Waals surface area contributed by atoms with E-state index < -0.39 is 0 Å². The van der Waals surface area contributed by atoms with Crippen molar-refractivity contribution in [3.63, 3.8) is 0 Å². The SMILES string of the molecule is COCc1nc2ncc(C#N)c(N)n2n1. The minimum Gasteiger partial charge on any atom is -0.382 e. The van der Waals surface area contributed by atoms with Gasteiger partial charge in [-0.3, -0.25) is 0 Å². The van der Waals surface area contributed by atoms with Crippen LogP contribution in [0.3, 0.4) is 0 Å². The molecule has 0 amide bonds. The predicted octanol–water partition coefficient (Wildman–Crippen LogP) is -0.275. The Kier molecular flexibility index (Phi) is 2.19. The van der Waals surface area contributed by atoms with Crippen LogP contribution in [0.5, 0.6) is 0 Å². The Morgan fingerprint density at radius 2 is 2.47 bits per heavy atom. The van der Waals surface area contributed by atoms with Gasteiger partial charge in [-0.25, -0.2) is 4.98 Å². The standard InChI is InChI=1S/C8H8N6O/c1-15-4-6-12-8-11-3-5(2-9)7(10)14(8)13-6/h3H,4,10H2,1H3. The molecule has 7 nitrogen and oxygen atoms in total. The summed E-state index contributed by atoms with van der Waals surface area (Å²) in [6.07, 6.45) is 1.37. The Morgan fingerprint density at radius 1 is 1.67 bits per heavy atom. The van der Waals surface area contributed by atoms with Crippen molar-refractivity contribution in [1.29, 1.82) is 5.26 Å². The van der Waals surface area contributed by atoms with Crippen molar-refractivity contribution in [3.8, 4) is 6.07 Å². The van der Waals surface area contributed by atoms with E-state index in [2.05, 4.69) is 15.1 Å². The lowest BCUT2D eigenvalue weighted by atomic mass is 10.3. The van der Waals surface area contributed by atoms with Crippen LogP contribution in [-0.2, 0) is 11.3 Å². The van der Waals surface area contributed by atoms with Crippen molar-refractivity contribution in [2.24, 2.45) is 0 Å². The van der Waals surface area contributed by atoms with Gasteiger partial charge in [0.15, 0.2) is 5.82 Å². The van der Waals surface area contributed by atoms with Gasteiger partial charge in [-0.2, -0.15) is 14.8 Å². The van der Waals surface area contributed by atoms with Gasteiger partial charge in [0.05, 0.1) is 6.20 Å². The molecule has 0 aliphatic rings. The summed E-state index contributed by atoms with van der Waals surface area (Å²) in [5, 5.41) is 12.8. The van der Waals surface area contributed by atoms with Gasteiger partial charge in [-0.15, -0.1) is 5.10 Å². The molecule has 2 aromatic rings. The van der Waals surface area contributed by atoms with Crippen molar-refractivity contribution >= 4 is 11.6 Å². The highest BCUT2D eigenvalue weighted by atomic mass is 16.5. The Labute approximate surface area is 85.1 Å². The normalized spacial score (nSPS) is 10.4. The van der Waals surface area contributed by atoms with Gasteiger partial charge in [-0.1, -0.05) is 0 Å². The number of rotatable bonds is 2. The molecule has 15 heavy (non-hydrogen) atoms. The molecule has 7 heteroatoms. The van der Waals surface area contributed by atoms with Crippen LogP contribution in [-0.4, -0.2) is 26.7 Å². The van der Waals surface area contributed by atoms with Crippen LogP contribution in [0.2, 0.25) is 0 Å². The summed E-state index contributed by atoms with van der Waals surface area (Å²) in [5.41, 5.74) is 5.97. The van der Waals surface area contributed by atoms with E-state index in [4.69, 9.17) is 15.7 Å². The van der Waals surface area contributed by atoms with E-state index >= 15 is 0 Å². The summed E-state index contributed by atoms with van der Waals surface area (Å²) in [7, 11) is 1.54. The molecule has 0 radical (unpaired) electrons. The Hall–Kier alpha value is -2.20. The molecule has 0 fully saturated rings. The molecular formula is C8H8N6O. The maximum atomic E-state index is 8.73. The molecule has 0 aromatic carbocycles. The highest BCUT2D eigenvalue weighted by Crippen LogP contribution is 2.10. The van der Waals surface area contributed by atoms with E-state index in [1.807, 2.05) is 6.07 Å². The van der Waals surface area contributed by atoms with E-state index in [0.717, 1.165) is 0 Å². The van der Waals surface area contributed by atoms with Crippen molar-refractivity contribution in [2.75, 3.05) is 12.8 Å². The van der Waals surface area contributed by atoms with Crippen LogP contribution in [0, 0.1) is 11.3 Å². The first kappa shape index (κ1) is 9.36. The van der Waals surface area contributed by atoms with E-state index in [1.165, 1.54) is 10.7 Å². The summed E-state index contributed by atoms with van der Waals surface area (Å²) in [5.74, 6) is 1.07. The first-order chi connectivity index (χ1) is 7.26. The Bertz CT molecular complexity index is 540. The van der Waals surface area contributed by atoms with Crippen molar-refractivity contribution < 1.29 is 4.74 Å². The van der Waals surface area contributed by atoms with Gasteiger partial charge in [-0.05, 0) is 0 Å². The van der Waals surface area contributed by atoms with E-state index in [9.17, 15) is 0 Å². The Morgan fingerprint density at radius 3 is 3.13 bits per heavy atom. The molecule has 2 aromatic heterocycles. The van der Waals surface area contributed by atoms with Crippen LogP contribution >= 0.6 is 0 Å². The van der Waals surface area contributed by atoms with Gasteiger partial charge in [0.1, 0.15) is 24.1 Å². The highest BCUT2D eigenvalue weighted by molar-refractivity contribution is 5.51. The van der Waals surface area contributed by atoms with E-state index in [-0.39, 0.29) is 18.0 Å². The number of nitrogens with zero attached hydrogens (tertiary/aromatic N) is 5. The first-order valence-electron chi connectivity index (χ1n) is 4.15. The zero-order valence-corrected chi connectivity index (χ0v) is 8.01. The number of hydrogen-bond donors (Lipinski definition) is 1. The molecule has 2 N–H and O–H groups in total. The van der Waals surface area contributed by atoms with Crippen LogP contribution in [0.15, 0.2) is 6.20 Å². The molecule has 0 unspecified atom stereocenters. The van der Waals surface area contributed by atoms with Crippen molar-refractivity contribution in [3.05, 3.63) is 17.6 Å². The van der Waals surface area contributed by atoms with Gasteiger partial charge in [0.2, 0.25) is 0 Å². The van der Waals surface area contributed by atoms with Crippen molar-refractivity contribution in [2.45, 2.75) is 6.61 Å². The smallest absolute Gasteiger partial charge is 0.254 e. The Balaban J connectivity index is 2.62. The van der Waals surface area contributed by atoms with Gasteiger partial charge in [0, 0.05) is 7.11 Å². The largest absolute Gasteiger partial charge is 0.382 e. The van der Waals surface area contributed by atoms with Crippen molar-refractivity contribution in [1.82, 2.24) is 19.6 Å². The number of nitrogens with two attached hydrogens (primary N) is 1. The molecule has 0 saturated heterocycles. The molecule has 0 saturated carbocycles. The second-order valence-corrected chi connectivity index (χ2v) is 2.84. The maximum Gasteiger partial charge on any atom is 0.254 e. The molecule has 0 aliphatic carbocycles. The molecule has 76 valence electrons. The third-order valence-electron chi connectivity index (χ3n) is 1.84. The summed E-state index contributed by atoms with van der Waals surface area (Å²) < 4.78 is 6.21. The molecule has 2 heterocycles. The lowest BCUT2D eigenvalue weighted by Gasteiger charge is -1.97. The zero-order valence-electron chi connectivity index (χ0n) is 8.01. The second kappa shape index (κ2) is 3.51. The fraction of sp³-hybridized carbons (Fsp3) is 0.250. The highest BCUT2D eigenvalue weighted by Gasteiger charge is 2.09. The molecule has 0 aliphatic heterocycles. The molecular weight excluding hydrogens is 196 g/mol.